The molecule has 0 spiro atoms. The van der Waals surface area contributed by atoms with Crippen molar-refractivity contribution in [2.45, 2.75) is 85.9 Å². The van der Waals surface area contributed by atoms with Gasteiger partial charge < -0.3 is 25.0 Å². The number of nitrogens with one attached hydrogen (secondary N) is 2. The molecule has 202 valence electrons. The van der Waals surface area contributed by atoms with Crippen LogP contribution in [0.25, 0.3) is 0 Å². The zero-order chi connectivity index (χ0) is 27.5. The number of hydrogen-bond donors (Lipinski definition) is 2. The zero-order valence-electron chi connectivity index (χ0n) is 23.0. The van der Waals surface area contributed by atoms with Crippen molar-refractivity contribution >= 4 is 23.9 Å². The summed E-state index contributed by atoms with van der Waals surface area (Å²) in [6.45, 7) is 15.0. The Bertz CT molecular complexity index is 896. The van der Waals surface area contributed by atoms with Crippen LogP contribution in [0.4, 0.5) is 4.79 Å². The number of nitrogens with zero attached hydrogens (tertiary/aromatic N) is 1. The van der Waals surface area contributed by atoms with Crippen LogP contribution in [0.1, 0.15) is 78.5 Å². The molecule has 9 nitrogen and oxygen atoms in total. The quantitative estimate of drug-likeness (QED) is 0.417. The fraction of sp³-hybridized carbons (Fsp3) is 0.630. The van der Waals surface area contributed by atoms with Gasteiger partial charge in [0.25, 0.3) is 0 Å². The third kappa shape index (κ3) is 9.87. The molecule has 0 bridgehead atoms. The van der Waals surface area contributed by atoms with Gasteiger partial charge >= 0.3 is 12.1 Å². The molecule has 0 fully saturated rings. The summed E-state index contributed by atoms with van der Waals surface area (Å²) in [5, 5.41) is 5.49. The van der Waals surface area contributed by atoms with Crippen LogP contribution in [0.15, 0.2) is 24.3 Å². The molecule has 9 heteroatoms. The molecule has 36 heavy (non-hydrogen) atoms. The van der Waals surface area contributed by atoms with Crippen molar-refractivity contribution < 1.29 is 28.7 Å². The van der Waals surface area contributed by atoms with Gasteiger partial charge in [-0.3, -0.25) is 14.4 Å². The Morgan fingerprint density at radius 3 is 2.28 bits per heavy atom. The molecule has 1 aromatic carbocycles. The lowest BCUT2D eigenvalue weighted by Gasteiger charge is -2.35. The molecular weight excluding hydrogens is 462 g/mol. The molecule has 0 heterocycles. The molecule has 0 saturated heterocycles. The summed E-state index contributed by atoms with van der Waals surface area (Å²) in [5.74, 6) is -1.42. The Labute approximate surface area is 215 Å². The van der Waals surface area contributed by atoms with Gasteiger partial charge in [-0.15, -0.1) is 0 Å². The number of esters is 1. The van der Waals surface area contributed by atoms with Gasteiger partial charge in [-0.25, -0.2) is 4.79 Å². The molecule has 2 N–H and O–H groups in total. The first-order valence-electron chi connectivity index (χ1n) is 12.6. The van der Waals surface area contributed by atoms with Crippen LogP contribution in [0, 0.1) is 12.8 Å². The van der Waals surface area contributed by atoms with Gasteiger partial charge in [0, 0.05) is 13.1 Å². The maximum absolute atomic E-state index is 13.8. The third-order valence-corrected chi connectivity index (χ3v) is 5.63. The normalized spacial score (nSPS) is 13.7. The molecule has 3 atom stereocenters. The van der Waals surface area contributed by atoms with Gasteiger partial charge in [0.15, 0.2) is 0 Å². The van der Waals surface area contributed by atoms with E-state index >= 15 is 0 Å². The van der Waals surface area contributed by atoms with Crippen molar-refractivity contribution in [2.75, 3.05) is 19.7 Å². The summed E-state index contributed by atoms with van der Waals surface area (Å²) in [6.07, 6.45) is -0.0382. The number of ether oxygens (including phenoxy) is 2. The molecule has 0 aliphatic rings. The lowest BCUT2D eigenvalue weighted by Crippen LogP contribution is -2.55. The number of benzene rings is 1. The van der Waals surface area contributed by atoms with Crippen LogP contribution >= 0.6 is 0 Å². The molecule has 0 aliphatic carbocycles. The fourth-order valence-electron chi connectivity index (χ4n) is 3.69. The number of amides is 3. The minimum Gasteiger partial charge on any atom is -0.466 e. The molecule has 3 amide bonds. The zero-order valence-corrected chi connectivity index (χ0v) is 23.0. The van der Waals surface area contributed by atoms with E-state index in [0.717, 1.165) is 5.56 Å². The molecule has 1 aromatic rings. The predicted octanol–water partition coefficient (Wildman–Crippen LogP) is 3.89. The summed E-state index contributed by atoms with van der Waals surface area (Å²) in [6, 6.07) is 5.54. The van der Waals surface area contributed by atoms with E-state index in [2.05, 4.69) is 10.6 Å². The summed E-state index contributed by atoms with van der Waals surface area (Å²) in [5.41, 5.74) is 0.852. The van der Waals surface area contributed by atoms with Crippen molar-refractivity contribution in [3.05, 3.63) is 35.4 Å². The van der Waals surface area contributed by atoms with E-state index in [0.29, 0.717) is 12.0 Å². The highest BCUT2D eigenvalue weighted by atomic mass is 16.6. The topological polar surface area (TPSA) is 114 Å². The van der Waals surface area contributed by atoms with Gasteiger partial charge in [-0.05, 0) is 53.0 Å². The minimum absolute atomic E-state index is 0.0237. The van der Waals surface area contributed by atoms with E-state index in [9.17, 15) is 19.2 Å². The Balaban J connectivity index is 3.29. The number of rotatable bonds is 12. The number of alkyl carbamates (subject to hydrolysis) is 1. The molecule has 0 aliphatic heterocycles. The second-order valence-electron chi connectivity index (χ2n) is 9.80. The monoisotopic (exact) mass is 505 g/mol. The number of hydrogen-bond acceptors (Lipinski definition) is 6. The van der Waals surface area contributed by atoms with Gasteiger partial charge in [0.2, 0.25) is 11.8 Å². The predicted molar refractivity (Wildman–Crippen MR) is 138 cm³/mol. The maximum atomic E-state index is 13.8. The first-order valence-corrected chi connectivity index (χ1v) is 12.6. The largest absolute Gasteiger partial charge is 0.466 e. The standard InChI is InChI=1S/C27H43N3O6/c1-9-19(5)22(29-26(34)36-27(6,7)8)25(33)30(10-2)23(20-14-12-13-18(4)17-20)24(32)28-16-15-21(31)35-11-3/h12-14,17,19,22-23H,9-11,15-16H2,1-8H3,(H,28,32)(H,29,34). The Morgan fingerprint density at radius 2 is 1.75 bits per heavy atom. The highest BCUT2D eigenvalue weighted by Crippen LogP contribution is 2.25. The number of carbonyl (C=O) groups excluding carboxylic acids is 4. The van der Waals surface area contributed by atoms with Gasteiger partial charge in [0.1, 0.15) is 17.7 Å². The SMILES string of the molecule is CCOC(=O)CCNC(=O)C(c1cccc(C)c1)N(CC)C(=O)C(NC(=O)OC(C)(C)C)C(C)CC. The molecule has 1 rings (SSSR count). The number of aryl methyl sites for hydroxylation is 1. The smallest absolute Gasteiger partial charge is 0.408 e. The Morgan fingerprint density at radius 1 is 1.08 bits per heavy atom. The van der Waals surface area contributed by atoms with Crippen LogP contribution in [-0.2, 0) is 23.9 Å². The molecule has 0 radical (unpaired) electrons. The van der Waals surface area contributed by atoms with E-state index in [4.69, 9.17) is 9.47 Å². The van der Waals surface area contributed by atoms with Gasteiger partial charge in [0.05, 0.1) is 13.0 Å². The van der Waals surface area contributed by atoms with Gasteiger partial charge in [-0.2, -0.15) is 0 Å². The van der Waals surface area contributed by atoms with Crippen molar-refractivity contribution in [3.63, 3.8) is 0 Å². The maximum Gasteiger partial charge on any atom is 0.408 e. The van der Waals surface area contributed by atoms with Crippen LogP contribution in [0.5, 0.6) is 0 Å². The van der Waals surface area contributed by atoms with E-state index < -0.39 is 35.7 Å². The van der Waals surface area contributed by atoms with Crippen LogP contribution in [0.2, 0.25) is 0 Å². The van der Waals surface area contributed by atoms with Crippen LogP contribution in [0.3, 0.4) is 0 Å². The second kappa shape index (κ2) is 14.5. The van der Waals surface area contributed by atoms with E-state index in [1.807, 2.05) is 39.0 Å². The first kappa shape index (κ1) is 30.9. The van der Waals surface area contributed by atoms with E-state index in [-0.39, 0.29) is 37.9 Å². The summed E-state index contributed by atoms with van der Waals surface area (Å²) < 4.78 is 10.3. The molecular formula is C27H43N3O6. The third-order valence-electron chi connectivity index (χ3n) is 5.63. The van der Waals surface area contributed by atoms with Crippen molar-refractivity contribution in [1.82, 2.24) is 15.5 Å². The van der Waals surface area contributed by atoms with Crippen molar-refractivity contribution in [1.29, 1.82) is 0 Å². The summed E-state index contributed by atoms with van der Waals surface area (Å²) in [7, 11) is 0. The van der Waals surface area contributed by atoms with Gasteiger partial charge in [-0.1, -0.05) is 50.1 Å². The molecule has 0 saturated carbocycles. The molecule has 0 aromatic heterocycles. The lowest BCUT2D eigenvalue weighted by molar-refractivity contribution is -0.144. The lowest BCUT2D eigenvalue weighted by atomic mass is 9.95. The average molecular weight is 506 g/mol. The summed E-state index contributed by atoms with van der Waals surface area (Å²) >= 11 is 0. The summed E-state index contributed by atoms with van der Waals surface area (Å²) in [4.78, 5) is 53.0. The van der Waals surface area contributed by atoms with Crippen molar-refractivity contribution in [3.8, 4) is 0 Å². The van der Waals surface area contributed by atoms with E-state index in [1.165, 1.54) is 4.90 Å². The minimum atomic E-state index is -0.948. The fourth-order valence-corrected chi connectivity index (χ4v) is 3.69. The number of carbonyl (C=O) groups is 4. The van der Waals surface area contributed by atoms with Crippen LogP contribution < -0.4 is 10.6 Å². The van der Waals surface area contributed by atoms with Crippen LogP contribution in [-0.4, -0.2) is 60.1 Å². The second-order valence-corrected chi connectivity index (χ2v) is 9.80. The van der Waals surface area contributed by atoms with Crippen molar-refractivity contribution in [2.24, 2.45) is 5.92 Å². The Hall–Kier alpha value is -3.10. The highest BCUT2D eigenvalue weighted by Gasteiger charge is 2.37. The molecule has 3 unspecified atom stereocenters. The Kier molecular flexibility index (Phi) is 12.4. The highest BCUT2D eigenvalue weighted by molar-refractivity contribution is 5.92. The van der Waals surface area contributed by atoms with E-state index in [1.54, 1.807) is 40.7 Å². The average Bonchev–Trinajstić information content (AvgIpc) is 2.78. The number of likely N-dealkylation sites (N-methyl/N-ethyl adjacent to an activating group) is 1. The first-order chi connectivity index (χ1) is 16.8.